The zero-order valence-corrected chi connectivity index (χ0v) is 21.0. The largest absolute Gasteiger partial charge is 0.349 e. The molecular formula is C25H33N5O5S. The van der Waals surface area contributed by atoms with Gasteiger partial charge in [0, 0.05) is 57.3 Å². The smallest absolute Gasteiger partial charge is 0.319 e. The number of rotatable bonds is 7. The molecule has 3 fully saturated rings. The monoisotopic (exact) mass is 515 g/mol. The van der Waals surface area contributed by atoms with E-state index in [0.717, 1.165) is 44.5 Å². The zero-order chi connectivity index (χ0) is 25.0. The number of piperazine rings is 1. The third-order valence-corrected chi connectivity index (χ3v) is 9.09. The number of fused-ring (bicyclic) bond motifs is 1. The van der Waals surface area contributed by atoms with Gasteiger partial charge in [-0.1, -0.05) is 6.07 Å². The van der Waals surface area contributed by atoms with E-state index in [9.17, 15) is 13.2 Å². The number of carbonyl (C=O) groups is 1. The topological polar surface area (TPSA) is 113 Å². The second-order valence-electron chi connectivity index (χ2n) is 9.61. The molecule has 1 aliphatic carbocycles. The van der Waals surface area contributed by atoms with Crippen LogP contribution in [0.5, 0.6) is 0 Å². The molecule has 2 N–H and O–H groups in total. The molecule has 36 heavy (non-hydrogen) atoms. The Hall–Kier alpha value is -2.57. The average Bonchev–Trinajstić information content (AvgIpc) is 3.37. The molecule has 0 bridgehead atoms. The summed E-state index contributed by atoms with van der Waals surface area (Å²) in [6.07, 6.45) is 7.02. The standard InChI is InChI=1S/C25H33N5O5S/c31-25(27-16-20-2-1-9-26-15-20)28-21-4-6-22(7-5-21)36(32,33)30-12-10-29(11-13-30)17-19-3-8-23-24(14-19)35-18-34-23/h1-2,4-7,9,15,19,23-24H,3,8,10-14,16-18H2,(H2,27,28,31). The van der Waals surface area contributed by atoms with E-state index < -0.39 is 10.0 Å². The van der Waals surface area contributed by atoms with Gasteiger partial charge in [-0.3, -0.25) is 4.98 Å². The summed E-state index contributed by atoms with van der Waals surface area (Å²) in [4.78, 5) is 18.8. The van der Waals surface area contributed by atoms with Crippen molar-refractivity contribution in [3.8, 4) is 0 Å². The number of sulfonamides is 1. The van der Waals surface area contributed by atoms with Crippen LogP contribution in [0.4, 0.5) is 10.5 Å². The van der Waals surface area contributed by atoms with Gasteiger partial charge < -0.3 is 25.0 Å². The van der Waals surface area contributed by atoms with Crippen molar-refractivity contribution in [2.75, 3.05) is 44.8 Å². The minimum Gasteiger partial charge on any atom is -0.349 e. The van der Waals surface area contributed by atoms with Crippen molar-refractivity contribution in [3.63, 3.8) is 0 Å². The predicted octanol–water partition coefficient (Wildman–Crippen LogP) is 2.25. The molecule has 3 aliphatic rings. The summed E-state index contributed by atoms with van der Waals surface area (Å²) in [6.45, 7) is 4.12. The molecule has 3 heterocycles. The molecule has 11 heteroatoms. The van der Waals surface area contributed by atoms with Gasteiger partial charge in [0.2, 0.25) is 10.0 Å². The fourth-order valence-corrected chi connectivity index (χ4v) is 6.59. The van der Waals surface area contributed by atoms with Crippen molar-refractivity contribution in [3.05, 3.63) is 54.4 Å². The molecular weight excluding hydrogens is 482 g/mol. The van der Waals surface area contributed by atoms with Crippen LogP contribution in [0.2, 0.25) is 0 Å². The number of benzene rings is 1. The Kier molecular flexibility index (Phi) is 7.82. The maximum absolute atomic E-state index is 13.2. The van der Waals surface area contributed by atoms with Crippen LogP contribution in [0.1, 0.15) is 24.8 Å². The number of pyridine rings is 1. The van der Waals surface area contributed by atoms with Gasteiger partial charge in [0.15, 0.2) is 0 Å². The van der Waals surface area contributed by atoms with E-state index >= 15 is 0 Å². The number of anilines is 1. The Bertz CT molecular complexity index is 1120. The SMILES string of the molecule is O=C(NCc1cccnc1)Nc1ccc(S(=O)(=O)N2CCN(CC3CCC4OCOC4C3)CC2)cc1. The molecule has 3 unspecified atom stereocenters. The molecule has 2 saturated heterocycles. The van der Waals surface area contributed by atoms with Crippen LogP contribution >= 0.6 is 0 Å². The van der Waals surface area contributed by atoms with Gasteiger partial charge in [0.1, 0.15) is 6.79 Å². The first-order chi connectivity index (χ1) is 17.5. The van der Waals surface area contributed by atoms with Crippen molar-refractivity contribution in [2.24, 2.45) is 5.92 Å². The number of amides is 2. The van der Waals surface area contributed by atoms with Crippen molar-refractivity contribution in [2.45, 2.75) is 42.9 Å². The molecule has 10 nitrogen and oxygen atoms in total. The molecule has 2 aliphatic heterocycles. The zero-order valence-electron chi connectivity index (χ0n) is 20.2. The van der Waals surface area contributed by atoms with Gasteiger partial charge >= 0.3 is 6.03 Å². The number of nitrogens with one attached hydrogen (secondary N) is 2. The summed E-state index contributed by atoms with van der Waals surface area (Å²) >= 11 is 0. The van der Waals surface area contributed by atoms with E-state index in [1.54, 1.807) is 47.0 Å². The minimum atomic E-state index is -3.59. The van der Waals surface area contributed by atoms with Crippen LogP contribution in [-0.2, 0) is 26.0 Å². The van der Waals surface area contributed by atoms with Crippen LogP contribution < -0.4 is 10.6 Å². The summed E-state index contributed by atoms with van der Waals surface area (Å²) < 4.78 is 39.2. The maximum atomic E-state index is 13.2. The molecule has 1 aromatic carbocycles. The molecule has 2 amide bonds. The number of nitrogens with zero attached hydrogens (tertiary/aromatic N) is 3. The van der Waals surface area contributed by atoms with Gasteiger partial charge in [-0.05, 0) is 61.1 Å². The Morgan fingerprint density at radius 1 is 1.03 bits per heavy atom. The van der Waals surface area contributed by atoms with Crippen LogP contribution in [0.3, 0.4) is 0 Å². The highest BCUT2D eigenvalue weighted by Crippen LogP contribution is 2.33. The summed E-state index contributed by atoms with van der Waals surface area (Å²) in [5.41, 5.74) is 1.41. The van der Waals surface area contributed by atoms with Crippen molar-refractivity contribution < 1.29 is 22.7 Å². The van der Waals surface area contributed by atoms with Crippen molar-refractivity contribution in [1.29, 1.82) is 0 Å². The molecule has 5 rings (SSSR count). The second kappa shape index (κ2) is 11.2. The Morgan fingerprint density at radius 3 is 2.56 bits per heavy atom. The summed E-state index contributed by atoms with van der Waals surface area (Å²) in [5.74, 6) is 0.567. The summed E-state index contributed by atoms with van der Waals surface area (Å²) in [7, 11) is -3.59. The molecule has 3 atom stereocenters. The van der Waals surface area contributed by atoms with Crippen molar-refractivity contribution in [1.82, 2.24) is 19.5 Å². The maximum Gasteiger partial charge on any atom is 0.319 e. The normalized spacial score (nSPS) is 25.3. The quantitative estimate of drug-likeness (QED) is 0.582. The highest BCUT2D eigenvalue weighted by molar-refractivity contribution is 7.89. The van der Waals surface area contributed by atoms with Gasteiger partial charge in [-0.25, -0.2) is 13.2 Å². The average molecular weight is 516 g/mol. The predicted molar refractivity (Wildman–Crippen MR) is 134 cm³/mol. The lowest BCUT2D eigenvalue weighted by molar-refractivity contribution is 0.0377. The number of carbonyl (C=O) groups excluding carboxylic acids is 1. The van der Waals surface area contributed by atoms with Gasteiger partial charge in [0.05, 0.1) is 17.1 Å². The molecule has 0 spiro atoms. The van der Waals surface area contributed by atoms with Crippen LogP contribution in [0.15, 0.2) is 53.7 Å². The molecule has 0 radical (unpaired) electrons. The summed E-state index contributed by atoms with van der Waals surface area (Å²) in [5, 5.41) is 5.48. The number of aromatic nitrogens is 1. The van der Waals surface area contributed by atoms with Gasteiger partial charge in [-0.15, -0.1) is 0 Å². The Balaban J connectivity index is 1.09. The van der Waals surface area contributed by atoms with Crippen molar-refractivity contribution >= 4 is 21.7 Å². The Morgan fingerprint density at radius 2 is 1.81 bits per heavy atom. The fraction of sp³-hybridized carbons (Fsp3) is 0.520. The molecule has 194 valence electrons. The molecule has 2 aromatic rings. The summed E-state index contributed by atoms with van der Waals surface area (Å²) in [6, 6.07) is 9.61. The van der Waals surface area contributed by atoms with E-state index in [0.29, 0.717) is 38.0 Å². The minimum absolute atomic E-state index is 0.218. The number of hydrogen-bond acceptors (Lipinski definition) is 7. The van der Waals surface area contributed by atoms with Crippen LogP contribution in [0.25, 0.3) is 0 Å². The van der Waals surface area contributed by atoms with E-state index in [4.69, 9.17) is 9.47 Å². The number of urea groups is 1. The molecule has 1 saturated carbocycles. The highest BCUT2D eigenvalue weighted by atomic mass is 32.2. The lowest BCUT2D eigenvalue weighted by Gasteiger charge is -2.38. The highest BCUT2D eigenvalue weighted by Gasteiger charge is 2.37. The van der Waals surface area contributed by atoms with E-state index in [-0.39, 0.29) is 23.1 Å². The first-order valence-electron chi connectivity index (χ1n) is 12.5. The lowest BCUT2D eigenvalue weighted by Crippen LogP contribution is -2.50. The number of ether oxygens (including phenoxy) is 2. The third kappa shape index (κ3) is 6.04. The lowest BCUT2D eigenvalue weighted by atomic mass is 9.85. The molecule has 1 aromatic heterocycles. The third-order valence-electron chi connectivity index (χ3n) is 7.18. The Labute approximate surface area is 212 Å². The van der Waals surface area contributed by atoms with Gasteiger partial charge in [0.25, 0.3) is 0 Å². The fourth-order valence-electron chi connectivity index (χ4n) is 5.17. The van der Waals surface area contributed by atoms with E-state index in [1.165, 1.54) is 0 Å². The first kappa shape index (κ1) is 25.1. The number of hydrogen-bond donors (Lipinski definition) is 2. The van der Waals surface area contributed by atoms with Gasteiger partial charge in [-0.2, -0.15) is 4.31 Å². The van der Waals surface area contributed by atoms with E-state index in [1.807, 2.05) is 6.07 Å². The second-order valence-corrected chi connectivity index (χ2v) is 11.5. The van der Waals surface area contributed by atoms with Crippen LogP contribution in [0, 0.1) is 5.92 Å². The first-order valence-corrected chi connectivity index (χ1v) is 13.9. The van der Waals surface area contributed by atoms with E-state index in [2.05, 4.69) is 20.5 Å². The van der Waals surface area contributed by atoms with Crippen LogP contribution in [-0.4, -0.2) is 80.4 Å².